The molecule has 0 amide bonds. The molecule has 33 heavy (non-hydrogen) atoms. The number of para-hydroxylation sites is 1. The molecule has 2 atom stereocenters. The first kappa shape index (κ1) is 10.2. The largest absolute Gasteiger partial charge is 0.485 e. The van der Waals surface area contributed by atoms with Gasteiger partial charge in [-0.25, -0.2) is 0 Å². The number of hydrogen-bond acceptors (Lipinski definition) is 1. The Morgan fingerprint density at radius 1 is 1.03 bits per heavy atom. The molecule has 1 heterocycles. The molecule has 4 rings (SSSR count). The van der Waals surface area contributed by atoms with E-state index in [0.717, 1.165) is 18.2 Å². The van der Waals surface area contributed by atoms with Crippen LogP contribution in [0.4, 0.5) is 0 Å². The second-order valence-electron chi connectivity index (χ2n) is 6.91. The van der Waals surface area contributed by atoms with E-state index >= 15 is 0 Å². The molecule has 0 aromatic heterocycles. The van der Waals surface area contributed by atoms with Gasteiger partial charge < -0.3 is 4.74 Å². The molecule has 162 valence electrons. The van der Waals surface area contributed by atoms with Crippen LogP contribution in [-0.4, -0.2) is 6.10 Å². The molecule has 0 N–H and O–H groups in total. The number of ether oxygens (including phenoxy) is 1. The van der Waals surface area contributed by atoms with Gasteiger partial charge in [0, 0.05) is 5.56 Å². The Labute approximate surface area is 218 Å². The lowest BCUT2D eigenvalue weighted by Gasteiger charge is -2.26. The number of fused-ring (bicyclic) bond motifs is 3. The van der Waals surface area contributed by atoms with Gasteiger partial charge in [0.15, 0.2) is 0 Å². The monoisotopic (exact) mass is 443 g/mol. The zero-order valence-corrected chi connectivity index (χ0v) is 17.5. The Bertz CT molecular complexity index is 1990. The van der Waals surface area contributed by atoms with Gasteiger partial charge in [-0.2, -0.15) is 0 Å². The van der Waals surface area contributed by atoms with Crippen LogP contribution in [0.1, 0.15) is 43.2 Å². The van der Waals surface area contributed by atoms with Crippen LogP contribution in [0.15, 0.2) is 146 Å². The van der Waals surface area contributed by atoms with E-state index < -0.39 is 78.5 Å². The highest BCUT2D eigenvalue weighted by molar-refractivity contribution is 5.93. The molecule has 2 aliphatic rings. The zero-order valence-electron chi connectivity index (χ0n) is 32.5. The minimum atomic E-state index is -1.41. The second kappa shape index (κ2) is 10.0. The third-order valence-electron chi connectivity index (χ3n) is 5.06. The first-order valence-electron chi connectivity index (χ1n) is 17.5. The highest BCUT2D eigenvalue weighted by atomic mass is 16.5. The van der Waals surface area contributed by atoms with Crippen molar-refractivity contribution in [2.24, 2.45) is 0 Å². The maximum Gasteiger partial charge on any atom is 0.128 e. The molecule has 0 radical (unpaired) electrons. The van der Waals surface area contributed by atoms with Crippen molar-refractivity contribution in [3.05, 3.63) is 163 Å². The molecule has 1 heteroatoms. The summed E-state index contributed by atoms with van der Waals surface area (Å²) in [4.78, 5) is 0. The average molecular weight is 444 g/mol. The van der Waals surface area contributed by atoms with Crippen molar-refractivity contribution in [1.82, 2.24) is 0 Å². The third kappa shape index (κ3) is 4.31. The predicted molar refractivity (Wildman–Crippen MR) is 142 cm³/mol. The maximum atomic E-state index is 9.06. The fourth-order valence-electron chi connectivity index (χ4n) is 3.68. The molecule has 1 aliphatic heterocycles. The first-order chi connectivity index (χ1) is 22.5. The van der Waals surface area contributed by atoms with E-state index in [1.165, 1.54) is 12.2 Å². The molecule has 0 spiro atoms. The van der Waals surface area contributed by atoms with Gasteiger partial charge in [-0.1, -0.05) is 123 Å². The third-order valence-corrected chi connectivity index (χ3v) is 5.06. The van der Waals surface area contributed by atoms with E-state index in [-0.39, 0.29) is 56.8 Å². The van der Waals surface area contributed by atoms with Crippen LogP contribution in [0.3, 0.4) is 0 Å². The highest BCUT2D eigenvalue weighted by Gasteiger charge is 2.38. The van der Waals surface area contributed by atoms with Crippen molar-refractivity contribution in [1.29, 1.82) is 0 Å². The summed E-state index contributed by atoms with van der Waals surface area (Å²) in [5.41, 5.74) is -0.641. The van der Waals surface area contributed by atoms with Crippen molar-refractivity contribution >= 4 is 11.1 Å². The average Bonchev–Trinajstić information content (AvgIpc) is 3.45. The van der Waals surface area contributed by atoms with Gasteiger partial charge in [0.2, 0.25) is 0 Å². The Morgan fingerprint density at radius 3 is 2.70 bits per heavy atom. The Morgan fingerprint density at radius 2 is 1.85 bits per heavy atom. The van der Waals surface area contributed by atoms with Gasteiger partial charge in [0.05, 0.1) is 26.5 Å². The summed E-state index contributed by atoms with van der Waals surface area (Å²) in [7, 11) is 0. The van der Waals surface area contributed by atoms with E-state index in [2.05, 4.69) is 13.2 Å². The van der Waals surface area contributed by atoms with E-state index in [4.69, 9.17) is 25.3 Å². The molecule has 0 bridgehead atoms. The van der Waals surface area contributed by atoms with Gasteiger partial charge in [-0.05, 0) is 45.5 Å². The number of benzene rings is 2. The Balaban J connectivity index is 2.23. The van der Waals surface area contributed by atoms with Crippen molar-refractivity contribution < 1.29 is 25.3 Å². The van der Waals surface area contributed by atoms with E-state index in [0.29, 0.717) is 13.1 Å². The Kier molecular flexibility index (Phi) is 3.10. The van der Waals surface area contributed by atoms with Crippen molar-refractivity contribution in [3.8, 4) is 5.75 Å². The number of allylic oxidation sites excluding steroid dienone is 12. The lowest BCUT2D eigenvalue weighted by Crippen LogP contribution is -2.21. The fraction of sp³-hybridized carbons (Fsp3) is 0.0625. The molecule has 2 aromatic carbocycles. The fourth-order valence-corrected chi connectivity index (χ4v) is 3.68. The molecule has 0 saturated heterocycles. The standard InChI is InChI=1S/C32H28O/c1-5-8-16-23(4)24(14-6-2)26-17-9-10-18-27(26)25(15-7-3)28-20-13-22-31-32(28)29-19-11-12-21-30(29)33-31/h5-22,31-32H,1-4H2/b16-8-,24-14+,25-15-/i2D,3D,5D,6D,7D,9D,10D,11D,12D,13D,17D,19D,20D,21D,22D/b6-2?,7-3?,16-8-,24-14+,25-15-. The summed E-state index contributed by atoms with van der Waals surface area (Å²) >= 11 is 0. The van der Waals surface area contributed by atoms with Crippen LogP contribution in [0.5, 0.6) is 5.75 Å². The van der Waals surface area contributed by atoms with Gasteiger partial charge in [-0.15, -0.1) is 0 Å². The van der Waals surface area contributed by atoms with Crippen LogP contribution in [0.2, 0.25) is 0 Å². The Hall–Kier alpha value is -4.10. The van der Waals surface area contributed by atoms with Crippen LogP contribution in [0, 0.1) is 0 Å². The lowest BCUT2D eigenvalue weighted by atomic mass is 9.77. The summed E-state index contributed by atoms with van der Waals surface area (Å²) in [5, 5.41) is 0. The minimum Gasteiger partial charge on any atom is -0.485 e. The number of rotatable bonds is 8. The normalized spacial score (nSPS) is 27.9. The lowest BCUT2D eigenvalue weighted by molar-refractivity contribution is 0.266. The zero-order chi connectivity index (χ0) is 35.9. The summed E-state index contributed by atoms with van der Waals surface area (Å²) in [6, 6.07) is -5.35. The van der Waals surface area contributed by atoms with Crippen molar-refractivity contribution in [3.63, 3.8) is 0 Å². The van der Waals surface area contributed by atoms with E-state index in [1.54, 1.807) is 0 Å². The van der Waals surface area contributed by atoms with Crippen LogP contribution < -0.4 is 4.74 Å². The molecule has 1 nitrogen and oxygen atoms in total. The molecule has 0 saturated carbocycles. The minimum absolute atomic E-state index is 0.0194. The molecule has 0 fully saturated rings. The quantitative estimate of drug-likeness (QED) is 0.374. The van der Waals surface area contributed by atoms with Gasteiger partial charge >= 0.3 is 0 Å². The molecule has 1 aliphatic carbocycles. The van der Waals surface area contributed by atoms with Crippen LogP contribution >= 0.6 is 0 Å². The first-order valence-corrected chi connectivity index (χ1v) is 9.82. The maximum absolute atomic E-state index is 9.06. The molecule has 2 aromatic rings. The smallest absolute Gasteiger partial charge is 0.128 e. The van der Waals surface area contributed by atoms with Crippen LogP contribution in [0.25, 0.3) is 11.1 Å². The predicted octanol–water partition coefficient (Wildman–Crippen LogP) is 8.16. The summed E-state index contributed by atoms with van der Waals surface area (Å²) < 4.78 is 131. The van der Waals surface area contributed by atoms with Crippen molar-refractivity contribution in [2.75, 3.05) is 0 Å². The van der Waals surface area contributed by atoms with E-state index in [1.807, 2.05) is 0 Å². The summed E-state index contributed by atoms with van der Waals surface area (Å²) in [6.07, 6.45) is 3.48. The molecular weight excluding hydrogens is 400 g/mol. The summed E-state index contributed by atoms with van der Waals surface area (Å²) in [6.45, 7) is 8.83. The number of hydrogen-bond donors (Lipinski definition) is 0. The van der Waals surface area contributed by atoms with Gasteiger partial charge in [0.1, 0.15) is 11.9 Å². The summed E-state index contributed by atoms with van der Waals surface area (Å²) in [5.74, 6) is -1.62. The highest BCUT2D eigenvalue weighted by Crippen LogP contribution is 2.49. The van der Waals surface area contributed by atoms with Gasteiger partial charge in [0.25, 0.3) is 0 Å². The van der Waals surface area contributed by atoms with Gasteiger partial charge in [-0.3, -0.25) is 0 Å². The second-order valence-corrected chi connectivity index (χ2v) is 6.91. The topological polar surface area (TPSA) is 9.23 Å². The molecule has 2 unspecified atom stereocenters. The van der Waals surface area contributed by atoms with Crippen molar-refractivity contribution in [2.45, 2.75) is 12.0 Å². The van der Waals surface area contributed by atoms with E-state index in [9.17, 15) is 0 Å². The van der Waals surface area contributed by atoms with Crippen LogP contribution in [-0.2, 0) is 0 Å². The SMILES string of the molecule is [2H]C=C([2H])/C=C(\C1=C([2H])C([2H])=C([2H])C2Oc3c([2H])c([2H])c([2H])c([2H])c3C12)c1cc([2H])c([2H])c([2H])c1/C(=C/C([2H])=C[2H])C(=C)/C=C\C([2H])=C. The molecular formula is C32H28O.